The first-order valence-corrected chi connectivity index (χ1v) is 9.63. The first-order valence-electron chi connectivity index (χ1n) is 9.63. The molecule has 0 aromatic heterocycles. The lowest BCUT2D eigenvalue weighted by Gasteiger charge is -2.54. The molecule has 4 heteroatoms. The van der Waals surface area contributed by atoms with Gasteiger partial charge in [-0.2, -0.15) is 0 Å². The van der Waals surface area contributed by atoms with Crippen LogP contribution in [-0.2, 0) is 6.42 Å². The van der Waals surface area contributed by atoms with Crippen LogP contribution in [0.2, 0.25) is 0 Å². The second kappa shape index (κ2) is 5.54. The third kappa shape index (κ3) is 2.09. The van der Waals surface area contributed by atoms with Gasteiger partial charge in [0.25, 0.3) is 0 Å². The van der Waals surface area contributed by atoms with Crippen LogP contribution in [-0.4, -0.2) is 31.1 Å². The SMILES string of the molecule is CC[C@H]1C[C@@H]2C[C@H]3C4=C(CCN(C2)C13)c1c(cc(F)c(OC)c1F)C4. The van der Waals surface area contributed by atoms with E-state index in [-0.39, 0.29) is 5.75 Å². The quantitative estimate of drug-likeness (QED) is 0.786. The van der Waals surface area contributed by atoms with Crippen LogP contribution in [0.25, 0.3) is 5.57 Å². The van der Waals surface area contributed by atoms with Gasteiger partial charge in [-0.1, -0.05) is 18.9 Å². The highest BCUT2D eigenvalue weighted by Gasteiger charge is 2.50. The molecule has 0 radical (unpaired) electrons. The molecule has 1 aromatic rings. The molecule has 2 saturated heterocycles. The fourth-order valence-electron chi connectivity index (χ4n) is 6.31. The molecule has 3 fully saturated rings. The van der Waals surface area contributed by atoms with Crippen LogP contribution < -0.4 is 4.74 Å². The molecule has 3 aliphatic heterocycles. The van der Waals surface area contributed by atoms with Crippen molar-refractivity contribution >= 4 is 5.57 Å². The average Bonchev–Trinajstić information content (AvgIpc) is 2.93. The van der Waals surface area contributed by atoms with Gasteiger partial charge in [0.1, 0.15) is 0 Å². The molecule has 5 aliphatic rings. The number of hydrogen-bond donors (Lipinski definition) is 0. The molecule has 6 rings (SSSR count). The summed E-state index contributed by atoms with van der Waals surface area (Å²) in [6.07, 6.45) is 5.40. The largest absolute Gasteiger partial charge is 0.491 e. The van der Waals surface area contributed by atoms with Crippen LogP contribution in [0.1, 0.15) is 43.7 Å². The minimum atomic E-state index is -0.574. The van der Waals surface area contributed by atoms with E-state index in [1.54, 1.807) is 0 Å². The Bertz CT molecular complexity index is 772. The number of halogens is 2. The second-order valence-electron chi connectivity index (χ2n) is 8.27. The van der Waals surface area contributed by atoms with Crippen molar-refractivity contribution in [1.29, 1.82) is 0 Å². The zero-order valence-corrected chi connectivity index (χ0v) is 14.9. The van der Waals surface area contributed by atoms with E-state index >= 15 is 4.39 Å². The van der Waals surface area contributed by atoms with E-state index in [2.05, 4.69) is 11.8 Å². The number of benzene rings is 1. The topological polar surface area (TPSA) is 12.5 Å². The summed E-state index contributed by atoms with van der Waals surface area (Å²) in [5.41, 5.74) is 4.02. The van der Waals surface area contributed by atoms with Crippen molar-refractivity contribution in [1.82, 2.24) is 4.90 Å². The fraction of sp³-hybridized carbons (Fsp3) is 0.619. The number of piperidine rings is 2. The molecule has 2 unspecified atom stereocenters. The summed E-state index contributed by atoms with van der Waals surface area (Å²) in [5, 5.41) is 0. The van der Waals surface area contributed by atoms with Crippen molar-refractivity contribution in [2.75, 3.05) is 20.2 Å². The van der Waals surface area contributed by atoms with Gasteiger partial charge < -0.3 is 4.74 Å². The maximum atomic E-state index is 15.0. The third-order valence-corrected chi connectivity index (χ3v) is 7.19. The molecule has 1 aromatic carbocycles. The zero-order chi connectivity index (χ0) is 17.3. The van der Waals surface area contributed by atoms with Crippen molar-refractivity contribution in [2.45, 2.75) is 45.1 Å². The lowest BCUT2D eigenvalue weighted by Crippen LogP contribution is -2.57. The highest BCUT2D eigenvalue weighted by Crippen LogP contribution is 2.54. The van der Waals surface area contributed by atoms with E-state index in [0.29, 0.717) is 17.5 Å². The lowest BCUT2D eigenvalue weighted by atomic mass is 9.64. The van der Waals surface area contributed by atoms with Crippen LogP contribution in [0.4, 0.5) is 8.78 Å². The first kappa shape index (κ1) is 15.8. The fourth-order valence-corrected chi connectivity index (χ4v) is 6.31. The van der Waals surface area contributed by atoms with Gasteiger partial charge in [0.15, 0.2) is 17.4 Å². The van der Waals surface area contributed by atoms with Crippen LogP contribution >= 0.6 is 0 Å². The molecule has 0 N–H and O–H groups in total. The van der Waals surface area contributed by atoms with Crippen LogP contribution in [0, 0.1) is 29.4 Å². The van der Waals surface area contributed by atoms with Crippen LogP contribution in [0.3, 0.4) is 0 Å². The van der Waals surface area contributed by atoms with Crippen LogP contribution in [0.15, 0.2) is 11.6 Å². The molecule has 4 bridgehead atoms. The smallest absolute Gasteiger partial charge is 0.191 e. The Morgan fingerprint density at radius 3 is 2.88 bits per heavy atom. The number of rotatable bonds is 2. The van der Waals surface area contributed by atoms with Crippen molar-refractivity contribution in [3.8, 4) is 5.75 Å². The third-order valence-electron chi connectivity index (χ3n) is 7.19. The molecular formula is C21H25F2NO. The number of hydrogen-bond acceptors (Lipinski definition) is 2. The van der Waals surface area contributed by atoms with E-state index in [1.807, 2.05) is 0 Å². The van der Waals surface area contributed by atoms with Gasteiger partial charge in [-0.25, -0.2) is 8.78 Å². The van der Waals surface area contributed by atoms with Crippen molar-refractivity contribution in [2.24, 2.45) is 17.8 Å². The summed E-state index contributed by atoms with van der Waals surface area (Å²) < 4.78 is 34.2. The van der Waals surface area contributed by atoms with E-state index in [4.69, 9.17) is 4.74 Å². The number of methoxy groups -OCH3 is 1. The standard InChI is InChI=1S/C21H25F2NO/c1-3-12-6-11-7-16-15-8-13-9-17(22)21(25-2)19(23)18(13)14(15)4-5-24(10-11)20(12)16/h9,11-12,16,20H,3-8,10H2,1-2H3/t11-,12+,16+,20?/m1/s1. The van der Waals surface area contributed by atoms with E-state index in [9.17, 15) is 4.39 Å². The second-order valence-corrected chi connectivity index (χ2v) is 8.27. The van der Waals surface area contributed by atoms with Gasteiger partial charge in [0, 0.05) is 24.7 Å². The zero-order valence-electron chi connectivity index (χ0n) is 14.9. The van der Waals surface area contributed by atoms with Gasteiger partial charge in [-0.3, -0.25) is 4.90 Å². The molecule has 2 nitrogen and oxygen atoms in total. The van der Waals surface area contributed by atoms with Crippen molar-refractivity contribution in [3.05, 3.63) is 34.4 Å². The Hall–Kier alpha value is -1.42. The van der Waals surface area contributed by atoms with Crippen molar-refractivity contribution in [3.63, 3.8) is 0 Å². The summed E-state index contributed by atoms with van der Waals surface area (Å²) >= 11 is 0. The van der Waals surface area contributed by atoms with Gasteiger partial charge in [0.05, 0.1) is 7.11 Å². The van der Waals surface area contributed by atoms with Crippen molar-refractivity contribution < 1.29 is 13.5 Å². The molecule has 2 aliphatic carbocycles. The Balaban J connectivity index is 1.63. The maximum Gasteiger partial charge on any atom is 0.191 e. The lowest BCUT2D eigenvalue weighted by molar-refractivity contribution is -0.0273. The molecule has 3 heterocycles. The molecule has 134 valence electrons. The van der Waals surface area contributed by atoms with Crippen LogP contribution in [0.5, 0.6) is 5.75 Å². The molecular weight excluding hydrogens is 320 g/mol. The van der Waals surface area contributed by atoms with Gasteiger partial charge in [0.2, 0.25) is 0 Å². The summed E-state index contributed by atoms with van der Waals surface area (Å²) in [6, 6.07) is 2.11. The Labute approximate surface area is 147 Å². The predicted molar refractivity (Wildman–Crippen MR) is 93.5 cm³/mol. The van der Waals surface area contributed by atoms with Gasteiger partial charge in [-0.15, -0.1) is 0 Å². The van der Waals surface area contributed by atoms with E-state index in [1.165, 1.54) is 44.6 Å². The maximum absolute atomic E-state index is 15.0. The van der Waals surface area contributed by atoms with E-state index < -0.39 is 11.6 Å². The monoisotopic (exact) mass is 345 g/mol. The molecule has 5 atom stereocenters. The van der Waals surface area contributed by atoms with Gasteiger partial charge in [-0.05, 0) is 60.6 Å². The highest BCUT2D eigenvalue weighted by molar-refractivity contribution is 5.79. The van der Waals surface area contributed by atoms with Gasteiger partial charge >= 0.3 is 0 Å². The summed E-state index contributed by atoms with van der Waals surface area (Å²) in [7, 11) is 1.34. The Morgan fingerprint density at radius 2 is 2.12 bits per heavy atom. The Morgan fingerprint density at radius 1 is 1.28 bits per heavy atom. The number of ether oxygens (including phenoxy) is 1. The molecule has 25 heavy (non-hydrogen) atoms. The summed E-state index contributed by atoms with van der Waals surface area (Å²) in [6.45, 7) is 4.52. The molecule has 1 saturated carbocycles. The first-order chi connectivity index (χ1) is 12.1. The predicted octanol–water partition coefficient (Wildman–Crippen LogP) is 4.42. The summed E-state index contributed by atoms with van der Waals surface area (Å²) in [4.78, 5) is 2.67. The molecule has 0 spiro atoms. The minimum absolute atomic E-state index is 0.229. The number of fused-ring (bicyclic) bond motifs is 3. The summed E-state index contributed by atoms with van der Waals surface area (Å²) in [5.74, 6) is 0.750. The average molecular weight is 345 g/mol. The Kier molecular flexibility index (Phi) is 3.50. The highest BCUT2D eigenvalue weighted by atomic mass is 19.1. The number of nitrogens with zero attached hydrogens (tertiary/aromatic N) is 1. The minimum Gasteiger partial charge on any atom is -0.491 e. The van der Waals surface area contributed by atoms with E-state index in [0.717, 1.165) is 42.4 Å². The molecule has 0 amide bonds. The normalized spacial score (nSPS) is 35.4.